The summed E-state index contributed by atoms with van der Waals surface area (Å²) in [7, 11) is 0. The second-order valence-corrected chi connectivity index (χ2v) is 5.86. The summed E-state index contributed by atoms with van der Waals surface area (Å²) < 4.78 is 1.83. The lowest BCUT2D eigenvalue weighted by atomic mass is 10.3. The van der Waals surface area contributed by atoms with Crippen LogP contribution in [0.2, 0.25) is 0 Å². The van der Waals surface area contributed by atoms with E-state index in [0.717, 1.165) is 14.6 Å². The molecule has 19 heavy (non-hydrogen) atoms. The fourth-order valence-electron chi connectivity index (χ4n) is 1.52. The summed E-state index contributed by atoms with van der Waals surface area (Å²) in [6, 6.07) is 7.77. The third-order valence-electron chi connectivity index (χ3n) is 2.36. The predicted octanol–water partition coefficient (Wildman–Crippen LogP) is 2.94. The second-order valence-electron chi connectivity index (χ2n) is 3.60. The smallest absolute Gasteiger partial charge is 0.340 e. The molecule has 3 rings (SSSR count). The maximum atomic E-state index is 11.1. The zero-order valence-corrected chi connectivity index (χ0v) is 11.1. The number of hydrogen-bond donors (Lipinski definition) is 1. The van der Waals surface area contributed by atoms with Crippen molar-refractivity contribution in [2.24, 2.45) is 0 Å². The van der Waals surface area contributed by atoms with Crippen molar-refractivity contribution in [3.63, 3.8) is 0 Å². The van der Waals surface area contributed by atoms with Crippen LogP contribution in [0.3, 0.4) is 0 Å². The quantitative estimate of drug-likeness (QED) is 0.747. The Morgan fingerprint density at radius 2 is 2.16 bits per heavy atom. The molecule has 0 aliphatic rings. The van der Waals surface area contributed by atoms with Crippen molar-refractivity contribution < 1.29 is 9.90 Å². The number of carboxylic acids is 1. The average Bonchev–Trinajstić information content (AvgIpc) is 2.81. The van der Waals surface area contributed by atoms with Gasteiger partial charge in [-0.15, -0.1) is 11.3 Å². The van der Waals surface area contributed by atoms with Crippen molar-refractivity contribution in [1.82, 2.24) is 15.0 Å². The second kappa shape index (κ2) is 4.94. The van der Waals surface area contributed by atoms with Crippen LogP contribution in [0.25, 0.3) is 10.2 Å². The van der Waals surface area contributed by atoms with Gasteiger partial charge in [0.05, 0.1) is 10.2 Å². The Hall–Kier alpha value is -1.99. The van der Waals surface area contributed by atoms with Crippen LogP contribution in [0.4, 0.5) is 0 Å². The molecule has 94 valence electrons. The number of fused-ring (bicyclic) bond motifs is 1. The fourth-order valence-corrected chi connectivity index (χ4v) is 3.55. The monoisotopic (exact) mass is 289 g/mol. The van der Waals surface area contributed by atoms with Crippen molar-refractivity contribution >= 4 is 39.3 Å². The lowest BCUT2D eigenvalue weighted by molar-refractivity contribution is 0.0691. The van der Waals surface area contributed by atoms with Gasteiger partial charge in [-0.1, -0.05) is 12.1 Å². The molecule has 0 amide bonds. The Bertz CT molecular complexity index is 724. The highest BCUT2D eigenvalue weighted by molar-refractivity contribution is 8.01. The van der Waals surface area contributed by atoms with E-state index >= 15 is 0 Å². The molecule has 0 aliphatic carbocycles. The van der Waals surface area contributed by atoms with Crippen LogP contribution in [-0.4, -0.2) is 26.0 Å². The van der Waals surface area contributed by atoms with Gasteiger partial charge in [0, 0.05) is 6.20 Å². The summed E-state index contributed by atoms with van der Waals surface area (Å²) in [6.45, 7) is 0. The number of rotatable bonds is 3. The van der Waals surface area contributed by atoms with Crippen LogP contribution >= 0.6 is 23.1 Å². The molecule has 0 bridgehead atoms. The minimum atomic E-state index is -1.04. The number of benzene rings is 1. The molecule has 1 N–H and O–H groups in total. The molecule has 0 spiro atoms. The zero-order chi connectivity index (χ0) is 13.2. The van der Waals surface area contributed by atoms with Crippen LogP contribution in [-0.2, 0) is 0 Å². The molecule has 0 saturated carbocycles. The molecular weight excluding hydrogens is 282 g/mol. The third-order valence-corrected chi connectivity index (χ3v) is 4.48. The van der Waals surface area contributed by atoms with Gasteiger partial charge in [-0.3, -0.25) is 0 Å². The number of nitrogens with zero attached hydrogens (tertiary/aromatic N) is 3. The molecule has 0 unspecified atom stereocenters. The highest BCUT2D eigenvalue weighted by Gasteiger charge is 2.14. The van der Waals surface area contributed by atoms with E-state index in [4.69, 9.17) is 5.11 Å². The summed E-state index contributed by atoms with van der Waals surface area (Å²) in [5.74, 6) is -1.04. The van der Waals surface area contributed by atoms with Gasteiger partial charge in [-0.25, -0.2) is 19.7 Å². The Labute approximate surface area is 116 Å². The Morgan fingerprint density at radius 1 is 1.32 bits per heavy atom. The maximum Gasteiger partial charge on any atom is 0.340 e. The SMILES string of the molecule is O=C(O)c1cncnc1Sc1nc2ccccc2s1. The normalized spacial score (nSPS) is 10.7. The van der Waals surface area contributed by atoms with Gasteiger partial charge in [0.2, 0.25) is 0 Å². The van der Waals surface area contributed by atoms with Crippen molar-refractivity contribution in [3.05, 3.63) is 42.4 Å². The number of hydrogen-bond acceptors (Lipinski definition) is 6. The molecule has 0 atom stereocenters. The van der Waals surface area contributed by atoms with E-state index in [1.165, 1.54) is 35.6 Å². The predicted molar refractivity (Wildman–Crippen MR) is 72.7 cm³/mol. The summed E-state index contributed by atoms with van der Waals surface area (Å²) >= 11 is 2.75. The third kappa shape index (κ3) is 2.42. The van der Waals surface area contributed by atoms with Crippen molar-refractivity contribution in [3.8, 4) is 0 Å². The van der Waals surface area contributed by atoms with Crippen LogP contribution < -0.4 is 0 Å². The molecule has 7 heteroatoms. The van der Waals surface area contributed by atoms with Gasteiger partial charge >= 0.3 is 5.97 Å². The summed E-state index contributed by atoms with van der Waals surface area (Å²) in [6.07, 6.45) is 2.63. The Balaban J connectivity index is 1.99. The van der Waals surface area contributed by atoms with Gasteiger partial charge in [-0.05, 0) is 23.9 Å². The first-order valence-electron chi connectivity index (χ1n) is 5.31. The molecule has 0 radical (unpaired) electrons. The number of aromatic nitrogens is 3. The van der Waals surface area contributed by atoms with Crippen LogP contribution in [0.1, 0.15) is 10.4 Å². The molecule has 0 aliphatic heterocycles. The van der Waals surface area contributed by atoms with Gasteiger partial charge in [0.15, 0.2) is 4.34 Å². The van der Waals surface area contributed by atoms with Gasteiger partial charge < -0.3 is 5.11 Å². The molecule has 2 heterocycles. The summed E-state index contributed by atoms with van der Waals surface area (Å²) in [5.41, 5.74) is 0.993. The molecule has 0 fully saturated rings. The van der Waals surface area contributed by atoms with E-state index < -0.39 is 5.97 Å². The molecular formula is C12H7N3O2S2. The van der Waals surface area contributed by atoms with E-state index in [-0.39, 0.29) is 5.56 Å². The maximum absolute atomic E-state index is 11.1. The summed E-state index contributed by atoms with van der Waals surface area (Å²) in [4.78, 5) is 23.2. The first-order valence-corrected chi connectivity index (χ1v) is 6.94. The van der Waals surface area contributed by atoms with Gasteiger partial charge in [0.25, 0.3) is 0 Å². The first-order chi connectivity index (χ1) is 9.24. The minimum absolute atomic E-state index is 0.0896. The van der Waals surface area contributed by atoms with Gasteiger partial charge in [0.1, 0.15) is 16.9 Å². The first kappa shape index (κ1) is 12.1. The lowest BCUT2D eigenvalue weighted by Crippen LogP contribution is -2.01. The number of carbonyl (C=O) groups is 1. The van der Waals surface area contributed by atoms with E-state index in [9.17, 15) is 4.79 Å². The number of thiazole rings is 1. The topological polar surface area (TPSA) is 76.0 Å². The van der Waals surface area contributed by atoms with Crippen LogP contribution in [0.15, 0.2) is 46.2 Å². The minimum Gasteiger partial charge on any atom is -0.478 e. The largest absolute Gasteiger partial charge is 0.478 e. The summed E-state index contributed by atoms with van der Waals surface area (Å²) in [5, 5.41) is 9.48. The molecule has 1 aromatic carbocycles. The van der Waals surface area contributed by atoms with Crippen LogP contribution in [0, 0.1) is 0 Å². The lowest BCUT2D eigenvalue weighted by Gasteiger charge is -2.00. The van der Waals surface area contributed by atoms with E-state index in [1.807, 2.05) is 24.3 Å². The highest BCUT2D eigenvalue weighted by atomic mass is 32.2. The molecule has 3 aromatic rings. The van der Waals surface area contributed by atoms with E-state index in [1.54, 1.807) is 0 Å². The number of para-hydroxylation sites is 1. The average molecular weight is 289 g/mol. The van der Waals surface area contributed by atoms with Gasteiger partial charge in [-0.2, -0.15) is 0 Å². The zero-order valence-electron chi connectivity index (χ0n) is 9.48. The molecule has 2 aromatic heterocycles. The molecule has 0 saturated heterocycles. The van der Waals surface area contributed by atoms with Crippen molar-refractivity contribution in [2.45, 2.75) is 9.37 Å². The van der Waals surface area contributed by atoms with E-state index in [2.05, 4.69) is 15.0 Å². The fraction of sp³-hybridized carbons (Fsp3) is 0. The van der Waals surface area contributed by atoms with E-state index in [0.29, 0.717) is 5.03 Å². The van der Waals surface area contributed by atoms with Crippen LogP contribution in [0.5, 0.6) is 0 Å². The Morgan fingerprint density at radius 3 is 2.95 bits per heavy atom. The van der Waals surface area contributed by atoms with Crippen molar-refractivity contribution in [2.75, 3.05) is 0 Å². The Kier molecular flexibility index (Phi) is 3.14. The van der Waals surface area contributed by atoms with Crippen molar-refractivity contribution in [1.29, 1.82) is 0 Å². The highest BCUT2D eigenvalue weighted by Crippen LogP contribution is 2.34. The number of carboxylic acid groups (broad SMARTS) is 1. The molecule has 5 nitrogen and oxygen atoms in total. The standard InChI is InChI=1S/C12H7N3O2S2/c16-11(17)7-5-13-6-14-10(7)19-12-15-8-3-1-2-4-9(8)18-12/h1-6H,(H,16,17). The number of aromatic carboxylic acids is 1.